The van der Waals surface area contributed by atoms with Gasteiger partial charge in [-0.3, -0.25) is 4.79 Å². The number of carbonyl (C=O) groups excluding carboxylic acids is 1. The zero-order chi connectivity index (χ0) is 17.4. The van der Waals surface area contributed by atoms with Crippen LogP contribution in [0.4, 0.5) is 8.78 Å². The van der Waals surface area contributed by atoms with E-state index in [0.717, 1.165) is 18.9 Å². The van der Waals surface area contributed by atoms with Crippen LogP contribution in [0.25, 0.3) is 0 Å². The molecule has 128 valence electrons. The smallest absolute Gasteiger partial charge is 0.275 e. The van der Waals surface area contributed by atoms with Gasteiger partial charge in [0.1, 0.15) is 6.04 Å². The van der Waals surface area contributed by atoms with Crippen molar-refractivity contribution in [1.29, 1.82) is 0 Å². The Morgan fingerprint density at radius 1 is 1.12 bits per heavy atom. The quantitative estimate of drug-likeness (QED) is 0.716. The highest BCUT2D eigenvalue weighted by Crippen LogP contribution is 2.12. The van der Waals surface area contributed by atoms with Crippen molar-refractivity contribution in [1.82, 2.24) is 5.32 Å². The zero-order valence-electron chi connectivity index (χ0n) is 13.8. The fourth-order valence-electron chi connectivity index (χ4n) is 2.45. The highest BCUT2D eigenvalue weighted by Gasteiger charge is 2.13. The molecule has 0 aliphatic heterocycles. The van der Waals surface area contributed by atoms with Crippen LogP contribution >= 0.6 is 0 Å². The molecular formula is C19H23F2N2O+. The van der Waals surface area contributed by atoms with Gasteiger partial charge in [-0.05, 0) is 43.5 Å². The first kappa shape index (κ1) is 18.1. The van der Waals surface area contributed by atoms with Crippen molar-refractivity contribution in [2.24, 2.45) is 0 Å². The van der Waals surface area contributed by atoms with Crippen LogP contribution in [0.3, 0.4) is 0 Å². The third-order valence-electron chi connectivity index (χ3n) is 3.93. The first-order valence-electron chi connectivity index (χ1n) is 8.15. The molecule has 3 N–H and O–H groups in total. The Morgan fingerprint density at radius 2 is 1.88 bits per heavy atom. The van der Waals surface area contributed by atoms with E-state index >= 15 is 0 Å². The maximum absolute atomic E-state index is 13.2. The number of nitrogens with one attached hydrogen (secondary N) is 1. The first-order chi connectivity index (χ1) is 11.6. The minimum Gasteiger partial charge on any atom is -0.351 e. The normalized spacial score (nSPS) is 12.0. The van der Waals surface area contributed by atoms with Crippen LogP contribution in [0, 0.1) is 11.6 Å². The molecule has 0 bridgehead atoms. The van der Waals surface area contributed by atoms with Gasteiger partial charge in [0.15, 0.2) is 18.2 Å². The molecule has 2 rings (SSSR count). The lowest BCUT2D eigenvalue weighted by atomic mass is 10.1. The summed E-state index contributed by atoms with van der Waals surface area (Å²) in [6, 6.07) is 13.8. The van der Waals surface area contributed by atoms with Crippen LogP contribution in [-0.2, 0) is 11.2 Å². The second-order valence-corrected chi connectivity index (χ2v) is 5.84. The van der Waals surface area contributed by atoms with Gasteiger partial charge in [0, 0.05) is 12.1 Å². The molecule has 0 saturated carbocycles. The van der Waals surface area contributed by atoms with Gasteiger partial charge >= 0.3 is 0 Å². The van der Waals surface area contributed by atoms with Crippen molar-refractivity contribution in [3.8, 4) is 0 Å². The Kier molecular flexibility index (Phi) is 6.88. The van der Waals surface area contributed by atoms with E-state index in [0.29, 0.717) is 12.1 Å². The standard InChI is InChI=1S/C19H22F2N2O/c1-14(16-9-10-17(20)18(21)12-16)23-13-19(24)22-11-5-8-15-6-3-2-4-7-15/h2-4,6-7,9-10,12,14,23H,5,8,11,13H2,1H3,(H,22,24)/p+1/t14-/m1/s1. The van der Waals surface area contributed by atoms with Gasteiger partial charge in [0.25, 0.3) is 5.91 Å². The van der Waals surface area contributed by atoms with E-state index in [1.165, 1.54) is 17.7 Å². The second kappa shape index (κ2) is 9.13. The van der Waals surface area contributed by atoms with Crippen molar-refractivity contribution in [2.75, 3.05) is 13.1 Å². The van der Waals surface area contributed by atoms with Crippen LogP contribution < -0.4 is 10.6 Å². The molecule has 0 saturated heterocycles. The van der Waals surface area contributed by atoms with Crippen LogP contribution in [0.2, 0.25) is 0 Å². The summed E-state index contributed by atoms with van der Waals surface area (Å²) in [7, 11) is 0. The molecule has 3 nitrogen and oxygen atoms in total. The number of carbonyl (C=O) groups is 1. The van der Waals surface area contributed by atoms with E-state index in [-0.39, 0.29) is 18.5 Å². The van der Waals surface area contributed by atoms with Crippen LogP contribution in [0.1, 0.15) is 30.5 Å². The number of aryl methyl sites for hydroxylation is 1. The van der Waals surface area contributed by atoms with E-state index in [1.54, 1.807) is 5.32 Å². The number of rotatable bonds is 8. The third kappa shape index (κ3) is 5.74. The van der Waals surface area contributed by atoms with Crippen molar-refractivity contribution >= 4 is 5.91 Å². The Balaban J connectivity index is 1.66. The van der Waals surface area contributed by atoms with Crippen molar-refractivity contribution < 1.29 is 18.9 Å². The zero-order valence-corrected chi connectivity index (χ0v) is 13.8. The average molecular weight is 333 g/mol. The molecule has 2 aromatic carbocycles. The molecule has 5 heteroatoms. The molecule has 0 radical (unpaired) electrons. The fraction of sp³-hybridized carbons (Fsp3) is 0.316. The fourth-order valence-corrected chi connectivity index (χ4v) is 2.45. The number of amides is 1. The summed E-state index contributed by atoms with van der Waals surface area (Å²) in [5.74, 6) is -1.78. The summed E-state index contributed by atoms with van der Waals surface area (Å²) in [6.07, 6.45) is 1.81. The molecule has 1 amide bonds. The maximum atomic E-state index is 13.2. The first-order valence-corrected chi connectivity index (χ1v) is 8.15. The van der Waals surface area contributed by atoms with Gasteiger partial charge in [-0.25, -0.2) is 8.78 Å². The highest BCUT2D eigenvalue weighted by atomic mass is 19.2. The molecule has 0 heterocycles. The van der Waals surface area contributed by atoms with Crippen LogP contribution in [0.15, 0.2) is 48.5 Å². The van der Waals surface area contributed by atoms with Crippen LogP contribution in [0.5, 0.6) is 0 Å². The van der Waals surface area contributed by atoms with E-state index < -0.39 is 11.6 Å². The summed E-state index contributed by atoms with van der Waals surface area (Å²) in [5.41, 5.74) is 1.91. The van der Waals surface area contributed by atoms with E-state index in [2.05, 4.69) is 17.4 Å². The lowest BCUT2D eigenvalue weighted by Crippen LogP contribution is -2.87. The maximum Gasteiger partial charge on any atom is 0.275 e. The molecule has 0 spiro atoms. The van der Waals surface area contributed by atoms with Crippen molar-refractivity contribution in [2.45, 2.75) is 25.8 Å². The molecule has 0 aromatic heterocycles. The van der Waals surface area contributed by atoms with Gasteiger partial charge in [0.05, 0.1) is 0 Å². The number of benzene rings is 2. The van der Waals surface area contributed by atoms with Crippen LogP contribution in [-0.4, -0.2) is 19.0 Å². The summed E-state index contributed by atoms with van der Waals surface area (Å²) in [5, 5.41) is 4.68. The average Bonchev–Trinajstić information content (AvgIpc) is 2.60. The summed E-state index contributed by atoms with van der Waals surface area (Å²) in [4.78, 5) is 11.8. The number of hydrogen-bond donors (Lipinski definition) is 2. The van der Waals surface area contributed by atoms with E-state index in [4.69, 9.17) is 0 Å². The van der Waals surface area contributed by atoms with Gasteiger partial charge in [0.2, 0.25) is 0 Å². The SMILES string of the molecule is C[C@@H]([NH2+]CC(=O)NCCCc1ccccc1)c1ccc(F)c(F)c1. The molecule has 0 aliphatic carbocycles. The van der Waals surface area contributed by atoms with Crippen molar-refractivity contribution in [3.05, 3.63) is 71.3 Å². The third-order valence-corrected chi connectivity index (χ3v) is 3.93. The predicted molar refractivity (Wildman–Crippen MR) is 89.3 cm³/mol. The van der Waals surface area contributed by atoms with E-state index in [1.807, 2.05) is 25.1 Å². The molecule has 24 heavy (non-hydrogen) atoms. The lowest BCUT2D eigenvalue weighted by Gasteiger charge is -2.11. The number of quaternary nitrogens is 1. The number of hydrogen-bond acceptors (Lipinski definition) is 1. The molecule has 2 aromatic rings. The topological polar surface area (TPSA) is 45.7 Å². The Bertz CT molecular complexity index is 662. The highest BCUT2D eigenvalue weighted by molar-refractivity contribution is 5.76. The monoisotopic (exact) mass is 333 g/mol. The number of nitrogens with two attached hydrogens (primary N) is 1. The largest absolute Gasteiger partial charge is 0.351 e. The summed E-state index contributed by atoms with van der Waals surface area (Å²) < 4.78 is 26.1. The minimum absolute atomic E-state index is 0.0579. The number of halogens is 2. The molecule has 0 unspecified atom stereocenters. The molecule has 0 aliphatic rings. The van der Waals surface area contributed by atoms with Crippen molar-refractivity contribution in [3.63, 3.8) is 0 Å². The van der Waals surface area contributed by atoms with E-state index in [9.17, 15) is 13.6 Å². The van der Waals surface area contributed by atoms with Gasteiger partial charge in [-0.15, -0.1) is 0 Å². The van der Waals surface area contributed by atoms with Gasteiger partial charge in [-0.2, -0.15) is 0 Å². The molecule has 0 fully saturated rings. The Hall–Kier alpha value is -2.27. The lowest BCUT2D eigenvalue weighted by molar-refractivity contribution is -0.682. The summed E-state index contributed by atoms with van der Waals surface area (Å²) >= 11 is 0. The Morgan fingerprint density at radius 3 is 2.58 bits per heavy atom. The molecular weight excluding hydrogens is 310 g/mol. The van der Waals surface area contributed by atoms with Gasteiger partial charge < -0.3 is 10.6 Å². The predicted octanol–water partition coefficient (Wildman–Crippen LogP) is 2.34. The Labute approximate surface area is 141 Å². The minimum atomic E-state index is -0.863. The molecule has 1 atom stereocenters. The van der Waals surface area contributed by atoms with Gasteiger partial charge in [-0.1, -0.05) is 30.3 Å². The summed E-state index contributed by atoms with van der Waals surface area (Å²) in [6.45, 7) is 2.74. The second-order valence-electron chi connectivity index (χ2n) is 5.84.